The van der Waals surface area contributed by atoms with E-state index in [2.05, 4.69) is 9.46 Å². The normalized spacial score (nSPS) is 10.9. The van der Waals surface area contributed by atoms with E-state index >= 15 is 0 Å². The zero-order valence-electron chi connectivity index (χ0n) is 10.5. The number of rotatable bonds is 6. The molecule has 0 aliphatic heterocycles. The summed E-state index contributed by atoms with van der Waals surface area (Å²) in [6.45, 7) is -0.260. The maximum Gasteiger partial charge on any atom is 0.337 e. The number of carbonyl (C=O) groups excluding carboxylic acids is 1. The molecule has 0 heterocycles. The van der Waals surface area contributed by atoms with Crippen molar-refractivity contribution in [3.05, 3.63) is 23.8 Å². The number of sulfonamides is 1. The molecule has 0 aliphatic rings. The van der Waals surface area contributed by atoms with Crippen LogP contribution in [0.1, 0.15) is 10.4 Å². The van der Waals surface area contributed by atoms with Crippen LogP contribution in [0.15, 0.2) is 18.2 Å². The van der Waals surface area contributed by atoms with Gasteiger partial charge in [-0.15, -0.1) is 0 Å². The lowest BCUT2D eigenvalue weighted by Crippen LogP contribution is -2.13. The summed E-state index contributed by atoms with van der Waals surface area (Å²) in [4.78, 5) is 11.4. The predicted molar refractivity (Wildman–Crippen MR) is 68.8 cm³/mol. The van der Waals surface area contributed by atoms with Crippen LogP contribution in [0.3, 0.4) is 0 Å². The van der Waals surface area contributed by atoms with E-state index < -0.39 is 16.0 Å². The average molecular weight is 289 g/mol. The van der Waals surface area contributed by atoms with Crippen molar-refractivity contribution in [2.24, 2.45) is 0 Å². The van der Waals surface area contributed by atoms with Crippen LogP contribution in [-0.4, -0.2) is 46.1 Å². The highest BCUT2D eigenvalue weighted by Gasteiger charge is 2.13. The van der Waals surface area contributed by atoms with E-state index in [4.69, 9.17) is 9.84 Å². The van der Waals surface area contributed by atoms with Crippen molar-refractivity contribution in [1.82, 2.24) is 0 Å². The number of ether oxygens (including phenoxy) is 2. The summed E-state index contributed by atoms with van der Waals surface area (Å²) in [5, 5.41) is 8.72. The molecule has 0 aliphatic carbocycles. The van der Waals surface area contributed by atoms with Gasteiger partial charge in [0.15, 0.2) is 0 Å². The molecule has 1 aromatic rings. The van der Waals surface area contributed by atoms with Gasteiger partial charge in [-0.2, -0.15) is 0 Å². The number of aliphatic hydroxyl groups is 1. The van der Waals surface area contributed by atoms with E-state index in [9.17, 15) is 13.2 Å². The summed E-state index contributed by atoms with van der Waals surface area (Å²) in [6, 6.07) is 4.14. The second-order valence-electron chi connectivity index (χ2n) is 3.65. The minimum Gasteiger partial charge on any atom is -0.489 e. The molecule has 0 aromatic heterocycles. The van der Waals surface area contributed by atoms with Gasteiger partial charge in [0.2, 0.25) is 10.0 Å². The molecule has 0 bridgehead atoms. The zero-order valence-corrected chi connectivity index (χ0v) is 11.4. The standard InChI is InChI=1S/C11H15NO6S/c1-17-11(14)8-3-4-9(12-19(2,15)16)10(7-8)18-6-5-13/h3-4,7,12-13H,5-6H2,1-2H3. The van der Waals surface area contributed by atoms with Gasteiger partial charge in [0.1, 0.15) is 12.4 Å². The summed E-state index contributed by atoms with van der Waals surface area (Å²) >= 11 is 0. The molecular weight excluding hydrogens is 274 g/mol. The molecule has 8 heteroatoms. The molecular formula is C11H15NO6S. The minimum atomic E-state index is -3.47. The maximum atomic E-state index is 11.4. The van der Waals surface area contributed by atoms with Gasteiger partial charge in [-0.3, -0.25) is 4.72 Å². The largest absolute Gasteiger partial charge is 0.489 e. The van der Waals surface area contributed by atoms with Crippen molar-refractivity contribution >= 4 is 21.7 Å². The Labute approximate surface area is 111 Å². The predicted octanol–water partition coefficient (Wildman–Crippen LogP) is 0.216. The quantitative estimate of drug-likeness (QED) is 0.726. The smallest absolute Gasteiger partial charge is 0.337 e. The van der Waals surface area contributed by atoms with Crippen LogP contribution in [0.25, 0.3) is 0 Å². The lowest BCUT2D eigenvalue weighted by molar-refractivity contribution is 0.0600. The monoisotopic (exact) mass is 289 g/mol. The molecule has 0 fully saturated rings. The van der Waals surface area contributed by atoms with Crippen LogP contribution in [0.2, 0.25) is 0 Å². The van der Waals surface area contributed by atoms with Crippen LogP contribution in [-0.2, 0) is 14.8 Å². The summed E-state index contributed by atoms with van der Waals surface area (Å²) < 4.78 is 34.4. The zero-order chi connectivity index (χ0) is 14.5. The van der Waals surface area contributed by atoms with Gasteiger partial charge in [-0.05, 0) is 18.2 Å². The topological polar surface area (TPSA) is 102 Å². The van der Waals surface area contributed by atoms with Gasteiger partial charge in [0, 0.05) is 0 Å². The number of methoxy groups -OCH3 is 1. The molecule has 0 unspecified atom stereocenters. The molecule has 19 heavy (non-hydrogen) atoms. The van der Waals surface area contributed by atoms with E-state index in [1.165, 1.54) is 25.3 Å². The van der Waals surface area contributed by atoms with Gasteiger partial charge in [-0.1, -0.05) is 0 Å². The fourth-order valence-electron chi connectivity index (χ4n) is 1.33. The number of benzene rings is 1. The Morgan fingerprint density at radius 1 is 1.42 bits per heavy atom. The second kappa shape index (κ2) is 6.39. The van der Waals surface area contributed by atoms with Crippen LogP contribution >= 0.6 is 0 Å². The molecule has 7 nitrogen and oxygen atoms in total. The first-order chi connectivity index (χ1) is 8.87. The summed E-state index contributed by atoms with van der Waals surface area (Å²) in [6.07, 6.45) is 0.997. The number of hydrogen-bond donors (Lipinski definition) is 2. The number of anilines is 1. The maximum absolute atomic E-state index is 11.4. The highest BCUT2D eigenvalue weighted by molar-refractivity contribution is 7.92. The first kappa shape index (κ1) is 15.3. The molecule has 2 N–H and O–H groups in total. The van der Waals surface area contributed by atoms with E-state index in [0.29, 0.717) is 0 Å². The Morgan fingerprint density at radius 3 is 2.63 bits per heavy atom. The van der Waals surface area contributed by atoms with Crippen molar-refractivity contribution < 1.29 is 27.8 Å². The fourth-order valence-corrected chi connectivity index (χ4v) is 1.89. The van der Waals surface area contributed by atoms with Gasteiger partial charge < -0.3 is 14.6 Å². The van der Waals surface area contributed by atoms with Crippen LogP contribution in [0.4, 0.5) is 5.69 Å². The molecule has 1 rings (SSSR count). The molecule has 106 valence electrons. The Balaban J connectivity index is 3.12. The SMILES string of the molecule is COC(=O)c1ccc(NS(C)(=O)=O)c(OCCO)c1. The third-order valence-corrected chi connectivity index (χ3v) is 2.64. The summed E-state index contributed by atoms with van der Waals surface area (Å²) in [5.41, 5.74) is 0.401. The van der Waals surface area contributed by atoms with Crippen molar-refractivity contribution in [2.45, 2.75) is 0 Å². The second-order valence-corrected chi connectivity index (χ2v) is 5.40. The van der Waals surface area contributed by atoms with Gasteiger partial charge in [0.05, 0.1) is 31.2 Å². The Hall–Kier alpha value is -1.80. The van der Waals surface area contributed by atoms with Gasteiger partial charge >= 0.3 is 5.97 Å². The first-order valence-electron chi connectivity index (χ1n) is 5.31. The lowest BCUT2D eigenvalue weighted by atomic mass is 10.2. The van der Waals surface area contributed by atoms with Gasteiger partial charge in [0.25, 0.3) is 0 Å². The van der Waals surface area contributed by atoms with Crippen molar-refractivity contribution in [1.29, 1.82) is 0 Å². The molecule has 0 atom stereocenters. The fraction of sp³-hybridized carbons (Fsp3) is 0.364. The minimum absolute atomic E-state index is 0.0247. The van der Waals surface area contributed by atoms with Crippen molar-refractivity contribution in [2.75, 3.05) is 31.3 Å². The molecule has 0 saturated heterocycles. The Bertz CT molecular complexity index is 554. The Morgan fingerprint density at radius 2 is 2.11 bits per heavy atom. The molecule has 0 spiro atoms. The highest BCUT2D eigenvalue weighted by atomic mass is 32.2. The van der Waals surface area contributed by atoms with Crippen LogP contribution < -0.4 is 9.46 Å². The first-order valence-corrected chi connectivity index (χ1v) is 7.20. The number of nitrogens with one attached hydrogen (secondary N) is 1. The van der Waals surface area contributed by atoms with Crippen molar-refractivity contribution in [3.8, 4) is 5.75 Å². The molecule has 0 radical (unpaired) electrons. The van der Waals surface area contributed by atoms with Crippen LogP contribution in [0.5, 0.6) is 5.75 Å². The Kier molecular flexibility index (Phi) is 5.13. The van der Waals surface area contributed by atoms with E-state index in [1.54, 1.807) is 0 Å². The third-order valence-electron chi connectivity index (χ3n) is 2.05. The molecule has 0 amide bonds. The third kappa shape index (κ3) is 4.76. The number of carbonyl (C=O) groups is 1. The van der Waals surface area contributed by atoms with E-state index in [1.807, 2.05) is 0 Å². The van der Waals surface area contributed by atoms with Gasteiger partial charge in [-0.25, -0.2) is 13.2 Å². The summed E-state index contributed by atoms with van der Waals surface area (Å²) in [7, 11) is -2.24. The molecule has 1 aromatic carbocycles. The van der Waals surface area contributed by atoms with E-state index in [-0.39, 0.29) is 30.2 Å². The van der Waals surface area contributed by atoms with E-state index in [0.717, 1.165) is 6.26 Å². The van der Waals surface area contributed by atoms with Crippen LogP contribution in [0, 0.1) is 0 Å². The average Bonchev–Trinajstić information content (AvgIpc) is 2.35. The number of hydrogen-bond acceptors (Lipinski definition) is 6. The number of esters is 1. The molecule has 0 saturated carbocycles. The van der Waals surface area contributed by atoms with Crippen molar-refractivity contribution in [3.63, 3.8) is 0 Å². The number of aliphatic hydroxyl groups excluding tert-OH is 1. The highest BCUT2D eigenvalue weighted by Crippen LogP contribution is 2.27. The lowest BCUT2D eigenvalue weighted by Gasteiger charge is -2.12. The summed E-state index contributed by atoms with van der Waals surface area (Å²) in [5.74, 6) is -0.429.